The molecule has 0 saturated carbocycles. The molecule has 0 aliphatic carbocycles. The van der Waals surface area contributed by atoms with E-state index in [1.165, 1.54) is 30.9 Å². The van der Waals surface area contributed by atoms with Crippen molar-refractivity contribution in [3.8, 4) is 28.5 Å². The minimum atomic E-state index is 0.292. The number of furan rings is 2. The zero-order valence-corrected chi connectivity index (χ0v) is 44.1. The van der Waals surface area contributed by atoms with Crippen molar-refractivity contribution < 1.29 is 8.83 Å². The first-order chi connectivity index (χ1) is 39.1. The molecule has 372 valence electrons. The Hall–Kier alpha value is -9.71. The van der Waals surface area contributed by atoms with Crippen LogP contribution in [-0.4, -0.2) is 29.5 Å². The number of thiophene rings is 2. The van der Waals surface area contributed by atoms with Crippen LogP contribution in [0.1, 0.15) is 0 Å². The number of halogens is 1. The minimum absolute atomic E-state index is 0.292. The van der Waals surface area contributed by atoms with Crippen molar-refractivity contribution in [1.29, 1.82) is 0 Å². The van der Waals surface area contributed by atoms with Crippen LogP contribution in [0, 0.1) is 0 Å². The molecule has 0 aliphatic heterocycles. The molecule has 0 amide bonds. The van der Waals surface area contributed by atoms with Crippen LogP contribution in [0.5, 0.6) is 0 Å². The Bertz CT molecular complexity index is 5420. The fourth-order valence-electron chi connectivity index (χ4n) is 11.4. The van der Waals surface area contributed by atoms with E-state index in [1.54, 1.807) is 22.7 Å². The van der Waals surface area contributed by atoms with Crippen LogP contribution >= 0.6 is 34.3 Å². The van der Waals surface area contributed by atoms with Gasteiger partial charge in [0.15, 0.2) is 0 Å². The second-order valence-electron chi connectivity index (χ2n) is 19.4. The number of aromatic amines is 1. The van der Waals surface area contributed by atoms with Crippen LogP contribution in [0.25, 0.3) is 157 Å². The van der Waals surface area contributed by atoms with Gasteiger partial charge < -0.3 is 13.8 Å². The van der Waals surface area contributed by atoms with Crippen molar-refractivity contribution in [1.82, 2.24) is 29.5 Å². The van der Waals surface area contributed by atoms with Gasteiger partial charge >= 0.3 is 0 Å². The second kappa shape index (κ2) is 18.2. The fourth-order valence-corrected chi connectivity index (χ4v) is 13.9. The number of H-pyrrole nitrogens is 1. The number of para-hydroxylation sites is 4. The standard InChI is InChI=1S/C34H19N3OS.C18H11NO.C16H9ClN2S/c1-2-10-20(11-3-1)30-33-31(24-14-6-9-17-28(24)39-33)36-34(35-30)37-25-15-7-4-13-23(25)29-26(37)19-18-22-21-12-5-8-16-27(21)38-32(22)29;1-3-7-14-13(6-1)17-15(19-14)10-9-12-11-5-2-4-8-16(11)20-18(12)17;17-16-18-13(10-6-2-1-3-7-10)15-14(19-16)11-8-4-5-9-12(11)20-15/h1-19H;1-10,19H;1-9H. The summed E-state index contributed by atoms with van der Waals surface area (Å²) >= 11 is 9.57. The Balaban J connectivity index is 0.000000109. The third-order valence-corrected chi connectivity index (χ3v) is 17.4. The van der Waals surface area contributed by atoms with Crippen LogP contribution < -0.4 is 0 Å². The first kappa shape index (κ1) is 45.5. The summed E-state index contributed by atoms with van der Waals surface area (Å²) < 4.78 is 19.4. The van der Waals surface area contributed by atoms with Gasteiger partial charge in [-0.1, -0.05) is 170 Å². The lowest BCUT2D eigenvalue weighted by molar-refractivity contribution is 0.672. The SMILES string of the molecule is Clc1nc(-c2ccccc2)c2sc3ccccc3c2n1.c1ccc(-c2nc(-n3c4ccccc4c4c5oc6ccccc6c5ccc43)nc3c2sc2ccccc23)cc1.c1ccc2c(c1)[nH]c1ccc3c4ccccc4oc3c12. The monoisotopic (exact) mass is 1070 g/mol. The molecule has 0 saturated heterocycles. The van der Waals surface area contributed by atoms with E-state index in [-0.39, 0.29) is 0 Å². The average molecular weight is 1070 g/mol. The molecule has 0 atom stereocenters. The van der Waals surface area contributed by atoms with E-state index in [0.29, 0.717) is 11.2 Å². The topological polar surface area (TPSA) is 98.6 Å². The molecule has 79 heavy (non-hydrogen) atoms. The summed E-state index contributed by atoms with van der Waals surface area (Å²) in [5.41, 5.74) is 14.0. The molecule has 0 fully saturated rings. The summed E-state index contributed by atoms with van der Waals surface area (Å²) in [6.07, 6.45) is 0. The van der Waals surface area contributed by atoms with Gasteiger partial charge in [-0.25, -0.2) is 19.9 Å². The molecular weight excluding hydrogens is 1030 g/mol. The van der Waals surface area contributed by atoms with Gasteiger partial charge in [-0.05, 0) is 72.3 Å². The van der Waals surface area contributed by atoms with E-state index in [9.17, 15) is 0 Å². The molecule has 10 aromatic carbocycles. The smallest absolute Gasteiger partial charge is 0.235 e. The Kier molecular flexibility index (Phi) is 10.5. The quantitative estimate of drug-likeness (QED) is 0.177. The first-order valence-corrected chi connectivity index (χ1v) is 27.9. The number of aromatic nitrogens is 6. The number of rotatable bonds is 3. The molecule has 0 bridgehead atoms. The van der Waals surface area contributed by atoms with Gasteiger partial charge in [0.05, 0.1) is 59.1 Å². The highest BCUT2D eigenvalue weighted by Gasteiger charge is 2.23. The Morgan fingerprint density at radius 1 is 0.367 bits per heavy atom. The lowest BCUT2D eigenvalue weighted by Gasteiger charge is -2.10. The highest BCUT2D eigenvalue weighted by atomic mass is 35.5. The number of nitrogens with zero attached hydrogens (tertiary/aromatic N) is 5. The van der Waals surface area contributed by atoms with Gasteiger partial charge in [0.2, 0.25) is 11.2 Å². The van der Waals surface area contributed by atoms with Crippen molar-refractivity contribution in [2.75, 3.05) is 0 Å². The molecule has 0 unspecified atom stereocenters. The van der Waals surface area contributed by atoms with Crippen molar-refractivity contribution in [3.05, 3.63) is 236 Å². The summed E-state index contributed by atoms with van der Waals surface area (Å²) in [5, 5.41) is 11.8. The number of benzene rings is 10. The number of hydrogen-bond acceptors (Lipinski definition) is 8. The van der Waals surface area contributed by atoms with E-state index < -0.39 is 0 Å². The molecule has 1 N–H and O–H groups in total. The maximum Gasteiger partial charge on any atom is 0.235 e. The molecule has 8 aromatic heterocycles. The summed E-state index contributed by atoms with van der Waals surface area (Å²) in [5.74, 6) is 0.659. The third-order valence-electron chi connectivity index (χ3n) is 14.9. The largest absolute Gasteiger partial charge is 0.455 e. The summed E-state index contributed by atoms with van der Waals surface area (Å²) in [6.45, 7) is 0. The summed E-state index contributed by atoms with van der Waals surface area (Å²) in [6, 6.07) is 79.1. The van der Waals surface area contributed by atoms with Crippen molar-refractivity contribution >= 4 is 162 Å². The lowest BCUT2D eigenvalue weighted by Crippen LogP contribution is -2.02. The van der Waals surface area contributed by atoms with Crippen LogP contribution in [0.2, 0.25) is 5.28 Å². The molecule has 8 heterocycles. The Morgan fingerprint density at radius 3 is 1.51 bits per heavy atom. The second-order valence-corrected chi connectivity index (χ2v) is 21.9. The molecular formula is C68H39ClN6O2S2. The van der Waals surface area contributed by atoms with Gasteiger partial charge in [0.1, 0.15) is 22.3 Å². The van der Waals surface area contributed by atoms with E-state index in [0.717, 1.165) is 120 Å². The van der Waals surface area contributed by atoms with E-state index in [4.69, 9.17) is 30.4 Å². The van der Waals surface area contributed by atoms with Crippen LogP contribution in [-0.2, 0) is 0 Å². The lowest BCUT2D eigenvalue weighted by atomic mass is 10.1. The predicted octanol–water partition coefficient (Wildman–Crippen LogP) is 19.9. The molecule has 11 heteroatoms. The number of hydrogen-bond donors (Lipinski definition) is 1. The number of fused-ring (bicyclic) bond motifs is 20. The predicted molar refractivity (Wildman–Crippen MR) is 330 cm³/mol. The Labute approximate surface area is 462 Å². The zero-order valence-electron chi connectivity index (χ0n) is 41.7. The molecule has 18 aromatic rings. The first-order valence-electron chi connectivity index (χ1n) is 25.9. The molecule has 8 nitrogen and oxygen atoms in total. The van der Waals surface area contributed by atoms with Gasteiger partial charge in [-0.2, -0.15) is 0 Å². The van der Waals surface area contributed by atoms with E-state index in [1.807, 2.05) is 78.9 Å². The van der Waals surface area contributed by atoms with Crippen molar-refractivity contribution in [2.45, 2.75) is 0 Å². The number of nitrogens with one attached hydrogen (secondary N) is 1. The van der Waals surface area contributed by atoms with Gasteiger partial charge in [-0.3, -0.25) is 4.57 Å². The summed E-state index contributed by atoms with van der Waals surface area (Å²) in [7, 11) is 0. The van der Waals surface area contributed by atoms with Crippen LogP contribution in [0.3, 0.4) is 0 Å². The van der Waals surface area contributed by atoms with Crippen LogP contribution in [0.15, 0.2) is 239 Å². The van der Waals surface area contributed by atoms with E-state index >= 15 is 0 Å². The zero-order chi connectivity index (χ0) is 52.1. The highest BCUT2D eigenvalue weighted by molar-refractivity contribution is 7.26. The molecule has 0 aliphatic rings. The van der Waals surface area contributed by atoms with Crippen LogP contribution in [0.4, 0.5) is 0 Å². The molecule has 0 spiro atoms. The van der Waals surface area contributed by atoms with Gasteiger partial charge in [-0.15, -0.1) is 22.7 Å². The van der Waals surface area contributed by atoms with Gasteiger partial charge in [0, 0.05) is 69.1 Å². The normalized spacial score (nSPS) is 11.9. The third kappa shape index (κ3) is 7.33. The van der Waals surface area contributed by atoms with E-state index in [2.05, 4.69) is 171 Å². The fraction of sp³-hybridized carbons (Fsp3) is 0. The van der Waals surface area contributed by atoms with Crippen molar-refractivity contribution in [3.63, 3.8) is 0 Å². The maximum atomic E-state index is 6.48. The van der Waals surface area contributed by atoms with Crippen molar-refractivity contribution in [2.24, 2.45) is 0 Å². The minimum Gasteiger partial charge on any atom is -0.455 e. The maximum absolute atomic E-state index is 6.48. The average Bonchev–Trinajstić information content (AvgIpc) is 4.39. The van der Waals surface area contributed by atoms with Gasteiger partial charge in [0.25, 0.3) is 0 Å². The Morgan fingerprint density at radius 2 is 0.861 bits per heavy atom. The molecule has 0 radical (unpaired) electrons. The molecule has 18 rings (SSSR count). The highest BCUT2D eigenvalue weighted by Crippen LogP contribution is 2.44. The summed E-state index contributed by atoms with van der Waals surface area (Å²) in [4.78, 5) is 22.8.